The second kappa shape index (κ2) is 6.62. The first-order valence-corrected chi connectivity index (χ1v) is 9.17. The highest BCUT2D eigenvalue weighted by Crippen LogP contribution is 2.32. The zero-order chi connectivity index (χ0) is 17.4. The van der Waals surface area contributed by atoms with Gasteiger partial charge < -0.3 is 10.2 Å². The van der Waals surface area contributed by atoms with Crippen LogP contribution in [0.5, 0.6) is 0 Å². The van der Waals surface area contributed by atoms with Crippen LogP contribution in [0.25, 0.3) is 10.9 Å². The number of nitriles is 1. The van der Waals surface area contributed by atoms with Crippen LogP contribution in [0, 0.1) is 25.2 Å². The minimum atomic E-state index is 0.677. The van der Waals surface area contributed by atoms with Crippen LogP contribution in [0.3, 0.4) is 0 Å². The number of anilines is 1. The van der Waals surface area contributed by atoms with Gasteiger partial charge in [0.1, 0.15) is 6.07 Å². The fraction of sp³-hybridized carbons (Fsp3) is 0.500. The SMILES string of the molecule is Cc1cc(C)c2ncc(C#N)c(N3CCN(C4CCNC4)CC3)c2c1. The lowest BCUT2D eigenvalue weighted by Gasteiger charge is -2.39. The first kappa shape index (κ1) is 16.3. The van der Waals surface area contributed by atoms with Crippen molar-refractivity contribution in [2.45, 2.75) is 26.3 Å². The maximum atomic E-state index is 9.64. The van der Waals surface area contributed by atoms with E-state index in [4.69, 9.17) is 0 Å². The van der Waals surface area contributed by atoms with Crippen LogP contribution in [0.1, 0.15) is 23.1 Å². The summed E-state index contributed by atoms with van der Waals surface area (Å²) in [6, 6.07) is 7.38. The van der Waals surface area contributed by atoms with Gasteiger partial charge in [0, 0.05) is 50.3 Å². The third-order valence-electron chi connectivity index (χ3n) is 5.58. The van der Waals surface area contributed by atoms with E-state index in [1.54, 1.807) is 6.20 Å². The highest BCUT2D eigenvalue weighted by Gasteiger charge is 2.27. The molecule has 1 aromatic heterocycles. The summed E-state index contributed by atoms with van der Waals surface area (Å²) in [4.78, 5) is 9.55. The monoisotopic (exact) mass is 335 g/mol. The summed E-state index contributed by atoms with van der Waals surface area (Å²) < 4.78 is 0. The number of benzene rings is 1. The van der Waals surface area contributed by atoms with Gasteiger partial charge in [-0.25, -0.2) is 0 Å². The number of piperazine rings is 1. The van der Waals surface area contributed by atoms with Gasteiger partial charge in [0.15, 0.2) is 0 Å². The van der Waals surface area contributed by atoms with E-state index in [1.165, 1.54) is 17.5 Å². The lowest BCUT2D eigenvalue weighted by atomic mass is 10.0. The normalized spacial score (nSPS) is 21.6. The minimum absolute atomic E-state index is 0.677. The number of nitrogens with one attached hydrogen (secondary N) is 1. The Bertz CT molecular complexity index is 824. The van der Waals surface area contributed by atoms with Crippen LogP contribution >= 0.6 is 0 Å². The van der Waals surface area contributed by atoms with Crippen LogP contribution in [0.4, 0.5) is 5.69 Å². The van der Waals surface area contributed by atoms with Gasteiger partial charge in [0.2, 0.25) is 0 Å². The molecule has 4 rings (SSSR count). The third kappa shape index (κ3) is 2.97. The van der Waals surface area contributed by atoms with E-state index in [0.717, 1.165) is 55.9 Å². The number of pyridine rings is 1. The topological polar surface area (TPSA) is 55.2 Å². The Kier molecular flexibility index (Phi) is 4.32. The van der Waals surface area contributed by atoms with E-state index in [1.807, 2.05) is 0 Å². The predicted molar refractivity (Wildman–Crippen MR) is 101 cm³/mol. The van der Waals surface area contributed by atoms with Gasteiger partial charge in [-0.05, 0) is 38.4 Å². The average molecular weight is 335 g/mol. The molecule has 0 spiro atoms. The number of fused-ring (bicyclic) bond motifs is 1. The fourth-order valence-electron chi connectivity index (χ4n) is 4.33. The fourth-order valence-corrected chi connectivity index (χ4v) is 4.33. The van der Waals surface area contributed by atoms with E-state index in [-0.39, 0.29) is 0 Å². The summed E-state index contributed by atoms with van der Waals surface area (Å²) in [7, 11) is 0. The Morgan fingerprint density at radius 2 is 2.00 bits per heavy atom. The van der Waals surface area contributed by atoms with Gasteiger partial charge in [-0.2, -0.15) is 5.26 Å². The van der Waals surface area contributed by atoms with Gasteiger partial charge in [-0.3, -0.25) is 9.88 Å². The van der Waals surface area contributed by atoms with Crippen molar-refractivity contribution >= 4 is 16.6 Å². The number of aromatic nitrogens is 1. The van der Waals surface area contributed by atoms with Crippen LogP contribution in [-0.4, -0.2) is 55.2 Å². The highest BCUT2D eigenvalue weighted by atomic mass is 15.3. The maximum absolute atomic E-state index is 9.64. The average Bonchev–Trinajstić information content (AvgIpc) is 3.15. The molecule has 1 unspecified atom stereocenters. The molecule has 2 aromatic rings. The molecular formula is C20H25N5. The quantitative estimate of drug-likeness (QED) is 0.912. The first-order chi connectivity index (χ1) is 12.2. The molecule has 5 nitrogen and oxygen atoms in total. The number of hydrogen-bond donors (Lipinski definition) is 1. The minimum Gasteiger partial charge on any atom is -0.367 e. The van der Waals surface area contributed by atoms with Gasteiger partial charge in [0.05, 0.1) is 16.8 Å². The molecule has 3 heterocycles. The molecule has 0 amide bonds. The van der Waals surface area contributed by atoms with Gasteiger partial charge in [0.25, 0.3) is 0 Å². The van der Waals surface area contributed by atoms with Crippen molar-refractivity contribution in [2.75, 3.05) is 44.2 Å². The molecule has 2 saturated heterocycles. The molecule has 0 aliphatic carbocycles. The Hall–Kier alpha value is -2.16. The smallest absolute Gasteiger partial charge is 0.103 e. The Balaban J connectivity index is 1.68. The Morgan fingerprint density at radius 1 is 1.20 bits per heavy atom. The predicted octanol–water partition coefficient (Wildman–Crippen LogP) is 2.21. The molecular weight excluding hydrogens is 310 g/mol. The largest absolute Gasteiger partial charge is 0.367 e. The van der Waals surface area contributed by atoms with Crippen molar-refractivity contribution in [1.82, 2.24) is 15.2 Å². The molecule has 1 N–H and O–H groups in total. The van der Waals surface area contributed by atoms with Crippen molar-refractivity contribution in [3.05, 3.63) is 35.0 Å². The maximum Gasteiger partial charge on any atom is 0.103 e. The summed E-state index contributed by atoms with van der Waals surface area (Å²) in [5.74, 6) is 0. The zero-order valence-electron chi connectivity index (χ0n) is 15.0. The van der Waals surface area contributed by atoms with Crippen LogP contribution in [0.15, 0.2) is 18.3 Å². The van der Waals surface area contributed by atoms with E-state index in [9.17, 15) is 5.26 Å². The molecule has 0 saturated carbocycles. The van der Waals surface area contributed by atoms with Crippen LogP contribution in [0.2, 0.25) is 0 Å². The van der Waals surface area contributed by atoms with Gasteiger partial charge in [-0.15, -0.1) is 0 Å². The number of aryl methyl sites for hydroxylation is 2. The molecule has 5 heteroatoms. The Labute approximate surface area is 149 Å². The number of nitrogens with zero attached hydrogens (tertiary/aromatic N) is 4. The Morgan fingerprint density at radius 3 is 2.68 bits per heavy atom. The van der Waals surface area contributed by atoms with Crippen molar-refractivity contribution in [3.8, 4) is 6.07 Å². The molecule has 2 aliphatic rings. The van der Waals surface area contributed by atoms with E-state index < -0.39 is 0 Å². The van der Waals surface area contributed by atoms with Gasteiger partial charge in [-0.1, -0.05) is 11.6 Å². The lowest BCUT2D eigenvalue weighted by Crippen LogP contribution is -2.51. The van der Waals surface area contributed by atoms with Gasteiger partial charge >= 0.3 is 0 Å². The summed E-state index contributed by atoms with van der Waals surface area (Å²) in [5, 5.41) is 14.2. The molecule has 2 aliphatic heterocycles. The first-order valence-electron chi connectivity index (χ1n) is 9.17. The number of rotatable bonds is 2. The van der Waals surface area contributed by atoms with E-state index >= 15 is 0 Å². The molecule has 1 aromatic carbocycles. The molecule has 0 bridgehead atoms. The summed E-state index contributed by atoms with van der Waals surface area (Å²) in [6.45, 7) is 10.5. The number of hydrogen-bond acceptors (Lipinski definition) is 5. The van der Waals surface area contributed by atoms with Crippen molar-refractivity contribution in [1.29, 1.82) is 5.26 Å². The molecule has 1 atom stereocenters. The summed E-state index contributed by atoms with van der Waals surface area (Å²) in [6.07, 6.45) is 2.99. The highest BCUT2D eigenvalue weighted by molar-refractivity contribution is 5.96. The van der Waals surface area contributed by atoms with Crippen molar-refractivity contribution in [3.63, 3.8) is 0 Å². The van der Waals surface area contributed by atoms with Crippen LogP contribution < -0.4 is 10.2 Å². The lowest BCUT2D eigenvalue weighted by molar-refractivity contribution is 0.196. The third-order valence-corrected chi connectivity index (χ3v) is 5.58. The standard InChI is InChI=1S/C20H25N5/c1-14-9-15(2)19-18(10-14)20(16(11-21)12-23-19)25-7-5-24(6-8-25)17-3-4-22-13-17/h9-10,12,17,22H,3-8,13H2,1-2H3. The van der Waals surface area contributed by atoms with Crippen LogP contribution in [-0.2, 0) is 0 Å². The second-order valence-corrected chi connectivity index (χ2v) is 7.28. The van der Waals surface area contributed by atoms with E-state index in [2.05, 4.69) is 52.2 Å². The second-order valence-electron chi connectivity index (χ2n) is 7.28. The van der Waals surface area contributed by atoms with Crippen molar-refractivity contribution < 1.29 is 0 Å². The molecule has 25 heavy (non-hydrogen) atoms. The molecule has 2 fully saturated rings. The summed E-state index contributed by atoms with van der Waals surface area (Å²) >= 11 is 0. The summed E-state index contributed by atoms with van der Waals surface area (Å²) in [5.41, 5.74) is 5.18. The molecule has 0 radical (unpaired) electrons. The van der Waals surface area contributed by atoms with Crippen molar-refractivity contribution in [2.24, 2.45) is 0 Å². The van der Waals surface area contributed by atoms with E-state index in [0.29, 0.717) is 11.6 Å². The molecule has 130 valence electrons. The zero-order valence-corrected chi connectivity index (χ0v) is 15.0.